The number of nitrogens with zero attached hydrogens (tertiary/aromatic N) is 4. The molecule has 0 bridgehead atoms. The standard InChI is InChI=1S/C18H10N4O/c19-10-14(11-20)18(23)13-5-4-12-6-7-16(22-17(12)9-13)15-3-1-2-8-21-15/h1-9,23H. The molecule has 5 heteroatoms. The number of fused-ring (bicyclic) bond motifs is 1. The maximum Gasteiger partial charge on any atom is 0.171 e. The molecule has 23 heavy (non-hydrogen) atoms. The third-order valence-corrected chi connectivity index (χ3v) is 3.35. The summed E-state index contributed by atoms with van der Waals surface area (Å²) in [7, 11) is 0. The highest BCUT2D eigenvalue weighted by Gasteiger charge is 2.09. The molecule has 0 fully saturated rings. The van der Waals surface area contributed by atoms with E-state index in [9.17, 15) is 5.11 Å². The lowest BCUT2D eigenvalue weighted by atomic mass is 10.1. The second kappa shape index (κ2) is 5.97. The van der Waals surface area contributed by atoms with E-state index in [2.05, 4.69) is 9.97 Å². The molecule has 1 aromatic carbocycles. The van der Waals surface area contributed by atoms with Crippen molar-refractivity contribution in [1.29, 1.82) is 10.5 Å². The van der Waals surface area contributed by atoms with Gasteiger partial charge in [-0.1, -0.05) is 24.3 Å². The number of hydrogen-bond donors (Lipinski definition) is 1. The number of rotatable bonds is 2. The van der Waals surface area contributed by atoms with Crippen molar-refractivity contribution in [3.63, 3.8) is 0 Å². The predicted octanol–water partition coefficient (Wildman–Crippen LogP) is 3.61. The Kier molecular flexibility index (Phi) is 3.70. The minimum atomic E-state index is -0.345. The maximum absolute atomic E-state index is 10.0. The summed E-state index contributed by atoms with van der Waals surface area (Å²) in [5.74, 6) is -0.345. The van der Waals surface area contributed by atoms with Crippen molar-refractivity contribution >= 4 is 16.7 Å². The van der Waals surface area contributed by atoms with Gasteiger partial charge in [-0.05, 0) is 24.3 Å². The van der Waals surface area contributed by atoms with E-state index < -0.39 is 0 Å². The summed E-state index contributed by atoms with van der Waals surface area (Å²) in [5.41, 5.74) is 2.15. The van der Waals surface area contributed by atoms with Crippen LogP contribution < -0.4 is 0 Å². The molecular weight excluding hydrogens is 288 g/mol. The van der Waals surface area contributed by atoms with Gasteiger partial charge >= 0.3 is 0 Å². The van der Waals surface area contributed by atoms with Crippen molar-refractivity contribution < 1.29 is 5.11 Å². The van der Waals surface area contributed by atoms with E-state index in [1.54, 1.807) is 36.5 Å². The van der Waals surface area contributed by atoms with Crippen LogP contribution >= 0.6 is 0 Å². The Hall–Kier alpha value is -3.70. The molecule has 0 aliphatic rings. The van der Waals surface area contributed by atoms with Crippen LogP contribution in [0.1, 0.15) is 5.56 Å². The van der Waals surface area contributed by atoms with Crippen LogP contribution in [0.15, 0.2) is 60.3 Å². The number of hydrogen-bond acceptors (Lipinski definition) is 5. The van der Waals surface area contributed by atoms with Crippen LogP contribution in [-0.4, -0.2) is 15.1 Å². The topological polar surface area (TPSA) is 93.6 Å². The molecule has 3 aromatic rings. The smallest absolute Gasteiger partial charge is 0.171 e. The summed E-state index contributed by atoms with van der Waals surface area (Å²) < 4.78 is 0. The predicted molar refractivity (Wildman–Crippen MR) is 85.7 cm³/mol. The van der Waals surface area contributed by atoms with Crippen molar-refractivity contribution in [2.45, 2.75) is 0 Å². The first-order chi connectivity index (χ1) is 11.2. The highest BCUT2D eigenvalue weighted by atomic mass is 16.3. The molecule has 0 unspecified atom stereocenters. The van der Waals surface area contributed by atoms with Gasteiger partial charge in [-0.2, -0.15) is 10.5 Å². The number of aliphatic hydroxyl groups is 1. The Morgan fingerprint density at radius 1 is 0.957 bits per heavy atom. The number of benzene rings is 1. The van der Waals surface area contributed by atoms with Crippen LogP contribution in [-0.2, 0) is 0 Å². The number of nitriles is 2. The number of pyridine rings is 2. The second-order valence-corrected chi connectivity index (χ2v) is 4.77. The third kappa shape index (κ3) is 2.72. The van der Waals surface area contributed by atoms with Crippen molar-refractivity contribution in [2.75, 3.05) is 0 Å². The first kappa shape index (κ1) is 14.2. The molecule has 0 saturated carbocycles. The zero-order chi connectivity index (χ0) is 16.2. The van der Waals surface area contributed by atoms with E-state index in [1.807, 2.05) is 30.3 Å². The summed E-state index contributed by atoms with van der Waals surface area (Å²) in [6.07, 6.45) is 1.69. The lowest BCUT2D eigenvalue weighted by Crippen LogP contribution is -1.91. The number of aromatic nitrogens is 2. The van der Waals surface area contributed by atoms with Gasteiger partial charge < -0.3 is 5.11 Å². The van der Waals surface area contributed by atoms with E-state index in [0.717, 1.165) is 11.1 Å². The Labute approximate surface area is 132 Å². The van der Waals surface area contributed by atoms with Gasteiger partial charge in [0.2, 0.25) is 0 Å². The Morgan fingerprint density at radius 2 is 1.74 bits per heavy atom. The largest absolute Gasteiger partial charge is 0.505 e. The van der Waals surface area contributed by atoms with Crippen LogP contribution in [0, 0.1) is 22.7 Å². The quantitative estimate of drug-likeness (QED) is 0.576. The second-order valence-electron chi connectivity index (χ2n) is 4.77. The van der Waals surface area contributed by atoms with Crippen LogP contribution in [0.2, 0.25) is 0 Å². The SMILES string of the molecule is N#CC(C#N)=C(O)c1ccc2ccc(-c3ccccn3)nc2c1. The molecule has 2 aromatic heterocycles. The fourth-order valence-corrected chi connectivity index (χ4v) is 2.20. The van der Waals surface area contributed by atoms with Gasteiger partial charge in [0.05, 0.1) is 16.9 Å². The first-order valence-corrected chi connectivity index (χ1v) is 6.79. The molecule has 0 saturated heterocycles. The highest BCUT2D eigenvalue weighted by molar-refractivity contribution is 5.85. The van der Waals surface area contributed by atoms with E-state index in [-0.39, 0.29) is 11.3 Å². The van der Waals surface area contributed by atoms with Gasteiger partial charge in [0.25, 0.3) is 0 Å². The molecule has 0 amide bonds. The minimum absolute atomic E-state index is 0.328. The van der Waals surface area contributed by atoms with E-state index in [0.29, 0.717) is 16.8 Å². The van der Waals surface area contributed by atoms with Gasteiger partial charge in [-0.3, -0.25) is 4.98 Å². The summed E-state index contributed by atoms with van der Waals surface area (Å²) in [6, 6.07) is 17.8. The van der Waals surface area contributed by atoms with Gasteiger partial charge in [0.1, 0.15) is 12.1 Å². The Morgan fingerprint density at radius 3 is 2.43 bits per heavy atom. The summed E-state index contributed by atoms with van der Waals surface area (Å²) in [4.78, 5) is 8.80. The minimum Gasteiger partial charge on any atom is -0.505 e. The maximum atomic E-state index is 10.0. The molecule has 0 spiro atoms. The normalized spacial score (nSPS) is 9.83. The molecule has 5 nitrogen and oxygen atoms in total. The van der Waals surface area contributed by atoms with Crippen molar-refractivity contribution in [2.24, 2.45) is 0 Å². The van der Waals surface area contributed by atoms with Gasteiger partial charge in [-0.15, -0.1) is 0 Å². The van der Waals surface area contributed by atoms with E-state index in [4.69, 9.17) is 10.5 Å². The molecule has 0 aliphatic carbocycles. The van der Waals surface area contributed by atoms with Gasteiger partial charge in [0.15, 0.2) is 11.3 Å². The summed E-state index contributed by atoms with van der Waals surface area (Å²) in [5, 5.41) is 28.6. The number of allylic oxidation sites excluding steroid dienone is 1. The average molecular weight is 298 g/mol. The van der Waals surface area contributed by atoms with Crippen LogP contribution in [0.25, 0.3) is 28.0 Å². The summed E-state index contributed by atoms with van der Waals surface area (Å²) >= 11 is 0. The number of aliphatic hydroxyl groups excluding tert-OH is 1. The average Bonchev–Trinajstić information content (AvgIpc) is 2.62. The molecular formula is C18H10N4O. The monoisotopic (exact) mass is 298 g/mol. The van der Waals surface area contributed by atoms with Crippen molar-refractivity contribution in [1.82, 2.24) is 9.97 Å². The fraction of sp³-hybridized carbons (Fsp3) is 0. The molecule has 3 rings (SSSR count). The van der Waals surface area contributed by atoms with E-state index in [1.165, 1.54) is 0 Å². The Balaban J connectivity index is 2.15. The molecule has 108 valence electrons. The third-order valence-electron chi connectivity index (χ3n) is 3.35. The molecule has 2 heterocycles. The molecule has 0 radical (unpaired) electrons. The zero-order valence-corrected chi connectivity index (χ0v) is 11.9. The summed E-state index contributed by atoms with van der Waals surface area (Å²) in [6.45, 7) is 0. The van der Waals surface area contributed by atoms with Crippen LogP contribution in [0.4, 0.5) is 0 Å². The zero-order valence-electron chi connectivity index (χ0n) is 11.9. The molecule has 1 N–H and O–H groups in total. The lowest BCUT2D eigenvalue weighted by molar-refractivity contribution is 0.510. The van der Waals surface area contributed by atoms with Crippen LogP contribution in [0.3, 0.4) is 0 Å². The van der Waals surface area contributed by atoms with Gasteiger partial charge in [0, 0.05) is 17.1 Å². The molecule has 0 atom stereocenters. The van der Waals surface area contributed by atoms with Crippen LogP contribution in [0.5, 0.6) is 0 Å². The highest BCUT2D eigenvalue weighted by Crippen LogP contribution is 2.23. The first-order valence-electron chi connectivity index (χ1n) is 6.79. The van der Waals surface area contributed by atoms with E-state index >= 15 is 0 Å². The van der Waals surface area contributed by atoms with Gasteiger partial charge in [-0.25, -0.2) is 4.98 Å². The molecule has 0 aliphatic heterocycles. The Bertz CT molecular complexity index is 979. The lowest BCUT2D eigenvalue weighted by Gasteiger charge is -2.05. The van der Waals surface area contributed by atoms with Crippen molar-refractivity contribution in [3.8, 4) is 23.5 Å². The fourth-order valence-electron chi connectivity index (χ4n) is 2.20. The van der Waals surface area contributed by atoms with Crippen molar-refractivity contribution in [3.05, 3.63) is 65.9 Å².